The van der Waals surface area contributed by atoms with Crippen LogP contribution < -0.4 is 14.8 Å². The maximum Gasteiger partial charge on any atom is 0.329 e. The molecule has 2 atom stereocenters. The van der Waals surface area contributed by atoms with E-state index in [2.05, 4.69) is 5.32 Å². The second-order valence-electron chi connectivity index (χ2n) is 8.14. The average molecular weight is 485 g/mol. The van der Waals surface area contributed by atoms with Crippen LogP contribution in [0.3, 0.4) is 0 Å². The molecule has 1 aromatic rings. The Morgan fingerprint density at radius 1 is 1.12 bits per heavy atom. The zero-order valence-corrected chi connectivity index (χ0v) is 20.4. The zero-order chi connectivity index (χ0) is 24.8. The van der Waals surface area contributed by atoms with Crippen LogP contribution in [0.5, 0.6) is 11.5 Å². The van der Waals surface area contributed by atoms with Gasteiger partial charge in [-0.2, -0.15) is 0 Å². The Morgan fingerprint density at radius 3 is 2.18 bits per heavy atom. The molecule has 0 bridgehead atoms. The normalized spacial score (nSPS) is 17.8. The van der Waals surface area contributed by atoms with Crippen molar-refractivity contribution in [2.75, 3.05) is 38.9 Å². The summed E-state index contributed by atoms with van der Waals surface area (Å²) in [5, 5.41) is 2.64. The summed E-state index contributed by atoms with van der Waals surface area (Å²) >= 11 is 0. The number of methoxy groups -OCH3 is 2. The predicted octanol–water partition coefficient (Wildman–Crippen LogP) is 1.04. The molecule has 1 heterocycles. The van der Waals surface area contributed by atoms with Gasteiger partial charge in [-0.3, -0.25) is 9.59 Å². The molecule has 1 fully saturated rings. The standard InChI is InChI=1S/C22H32N2O8S/c1-6-24(16-7-8-33(28,29)13-16)19(25)12-32-22(27)20(14(2)3)23-21(26)15-9-17(30-4)11-18(10-15)31-5/h9-11,14,16,20H,6-8,12-13H2,1-5H3,(H,23,26)/t16?,20-/m0/s1. The number of benzene rings is 1. The molecule has 10 nitrogen and oxygen atoms in total. The van der Waals surface area contributed by atoms with Gasteiger partial charge >= 0.3 is 5.97 Å². The van der Waals surface area contributed by atoms with Crippen LogP contribution in [-0.2, 0) is 24.2 Å². The van der Waals surface area contributed by atoms with Gasteiger partial charge in [0.1, 0.15) is 17.5 Å². The number of hydrogen-bond donors (Lipinski definition) is 1. The summed E-state index contributed by atoms with van der Waals surface area (Å²) in [5.41, 5.74) is 0.236. The van der Waals surface area contributed by atoms with Crippen molar-refractivity contribution in [3.05, 3.63) is 23.8 Å². The molecule has 2 rings (SSSR count). The molecule has 1 aromatic carbocycles. The molecule has 0 aromatic heterocycles. The number of ether oxygens (including phenoxy) is 3. The van der Waals surface area contributed by atoms with Crippen LogP contribution in [0.4, 0.5) is 0 Å². The van der Waals surface area contributed by atoms with Gasteiger partial charge < -0.3 is 24.4 Å². The Kier molecular flexibility index (Phi) is 9.09. The SMILES string of the molecule is CCN(C(=O)COC(=O)[C@@H](NC(=O)c1cc(OC)cc(OC)c1)C(C)C)C1CCS(=O)(=O)C1. The van der Waals surface area contributed by atoms with Crippen LogP contribution in [0.1, 0.15) is 37.6 Å². The molecule has 1 N–H and O–H groups in total. The van der Waals surface area contributed by atoms with Gasteiger partial charge in [0.25, 0.3) is 11.8 Å². The molecular formula is C22H32N2O8S. The Balaban J connectivity index is 2.03. The smallest absolute Gasteiger partial charge is 0.329 e. The Bertz CT molecular complexity index is 954. The summed E-state index contributed by atoms with van der Waals surface area (Å²) in [4.78, 5) is 39.5. The molecule has 2 amide bonds. The van der Waals surface area contributed by atoms with Crippen molar-refractivity contribution in [1.82, 2.24) is 10.2 Å². The Morgan fingerprint density at radius 2 is 1.73 bits per heavy atom. The maximum absolute atomic E-state index is 12.8. The molecule has 1 aliphatic rings. The number of esters is 1. The molecule has 0 saturated carbocycles. The number of sulfone groups is 1. The summed E-state index contributed by atoms with van der Waals surface area (Å²) in [6.45, 7) is 4.99. The molecule has 11 heteroatoms. The summed E-state index contributed by atoms with van der Waals surface area (Å²) in [5.74, 6) is -1.28. The third-order valence-corrected chi connectivity index (χ3v) is 7.22. The maximum atomic E-state index is 12.8. The summed E-state index contributed by atoms with van der Waals surface area (Å²) in [7, 11) is -0.236. The highest BCUT2D eigenvalue weighted by molar-refractivity contribution is 7.91. The van der Waals surface area contributed by atoms with E-state index in [9.17, 15) is 22.8 Å². The van der Waals surface area contributed by atoms with Crippen LogP contribution in [0, 0.1) is 5.92 Å². The van der Waals surface area contributed by atoms with E-state index >= 15 is 0 Å². The number of carbonyl (C=O) groups excluding carboxylic acids is 3. The number of nitrogens with zero attached hydrogens (tertiary/aromatic N) is 1. The third-order valence-electron chi connectivity index (χ3n) is 5.47. The number of likely N-dealkylation sites (N-methyl/N-ethyl adjacent to an activating group) is 1. The molecule has 1 unspecified atom stereocenters. The van der Waals surface area contributed by atoms with Crippen molar-refractivity contribution in [3.63, 3.8) is 0 Å². The number of rotatable bonds is 10. The Hall–Kier alpha value is -2.82. The summed E-state index contributed by atoms with van der Waals surface area (Å²) < 4.78 is 39.0. The van der Waals surface area contributed by atoms with Crippen molar-refractivity contribution < 1.29 is 37.0 Å². The third kappa shape index (κ3) is 7.08. The zero-order valence-electron chi connectivity index (χ0n) is 19.6. The molecular weight excluding hydrogens is 452 g/mol. The predicted molar refractivity (Wildman–Crippen MR) is 121 cm³/mol. The van der Waals surface area contributed by atoms with Gasteiger partial charge in [0.05, 0.1) is 25.7 Å². The van der Waals surface area contributed by atoms with Crippen LogP contribution in [0.25, 0.3) is 0 Å². The lowest BCUT2D eigenvalue weighted by Gasteiger charge is -2.27. The fraction of sp³-hybridized carbons (Fsp3) is 0.591. The van der Waals surface area contributed by atoms with Crippen molar-refractivity contribution in [1.29, 1.82) is 0 Å². The Labute approximate surface area is 194 Å². The topological polar surface area (TPSA) is 128 Å². The van der Waals surface area contributed by atoms with E-state index in [1.54, 1.807) is 26.8 Å². The fourth-order valence-corrected chi connectivity index (χ4v) is 5.36. The molecule has 0 spiro atoms. The van der Waals surface area contributed by atoms with Crippen molar-refractivity contribution >= 4 is 27.6 Å². The minimum Gasteiger partial charge on any atom is -0.497 e. The fourth-order valence-electron chi connectivity index (χ4n) is 3.63. The van der Waals surface area contributed by atoms with Gasteiger partial charge in [-0.15, -0.1) is 0 Å². The number of carbonyl (C=O) groups is 3. The van der Waals surface area contributed by atoms with Gasteiger partial charge in [-0.05, 0) is 31.4 Å². The second-order valence-corrected chi connectivity index (χ2v) is 10.4. The lowest BCUT2D eigenvalue weighted by atomic mass is 10.0. The van der Waals surface area contributed by atoms with E-state index in [4.69, 9.17) is 14.2 Å². The first-order chi connectivity index (χ1) is 15.5. The first kappa shape index (κ1) is 26.4. The van der Waals surface area contributed by atoms with E-state index in [-0.39, 0.29) is 23.0 Å². The highest BCUT2D eigenvalue weighted by Crippen LogP contribution is 2.23. The number of amides is 2. The molecule has 33 heavy (non-hydrogen) atoms. The van der Waals surface area contributed by atoms with Crippen LogP contribution in [0.2, 0.25) is 0 Å². The van der Waals surface area contributed by atoms with E-state index in [0.29, 0.717) is 24.5 Å². The van der Waals surface area contributed by atoms with Gasteiger partial charge in [0.15, 0.2) is 16.4 Å². The van der Waals surface area contributed by atoms with Crippen LogP contribution >= 0.6 is 0 Å². The molecule has 184 valence electrons. The minimum atomic E-state index is -3.16. The van der Waals surface area contributed by atoms with Crippen LogP contribution in [0.15, 0.2) is 18.2 Å². The first-order valence-corrected chi connectivity index (χ1v) is 12.5. The van der Waals surface area contributed by atoms with Gasteiger partial charge in [0.2, 0.25) is 0 Å². The first-order valence-electron chi connectivity index (χ1n) is 10.7. The quantitative estimate of drug-likeness (QED) is 0.488. The second kappa shape index (κ2) is 11.4. The van der Waals surface area contributed by atoms with Crippen molar-refractivity contribution in [2.24, 2.45) is 5.92 Å². The van der Waals surface area contributed by atoms with E-state index in [1.807, 2.05) is 0 Å². The van der Waals surface area contributed by atoms with E-state index in [0.717, 1.165) is 0 Å². The number of nitrogens with one attached hydrogen (secondary N) is 1. The van der Waals surface area contributed by atoms with Gasteiger partial charge in [0, 0.05) is 24.2 Å². The lowest BCUT2D eigenvalue weighted by Crippen LogP contribution is -2.47. The summed E-state index contributed by atoms with van der Waals surface area (Å²) in [6, 6.07) is 3.22. The van der Waals surface area contributed by atoms with Gasteiger partial charge in [-0.1, -0.05) is 13.8 Å². The van der Waals surface area contributed by atoms with Crippen molar-refractivity contribution in [3.8, 4) is 11.5 Å². The molecule has 1 aliphatic heterocycles. The van der Waals surface area contributed by atoms with E-state index in [1.165, 1.54) is 31.3 Å². The highest BCUT2D eigenvalue weighted by Gasteiger charge is 2.34. The molecule has 0 aliphatic carbocycles. The average Bonchev–Trinajstić information content (AvgIpc) is 3.14. The summed E-state index contributed by atoms with van der Waals surface area (Å²) in [6.07, 6.45) is 0.366. The largest absolute Gasteiger partial charge is 0.497 e. The van der Waals surface area contributed by atoms with E-state index < -0.39 is 46.3 Å². The monoisotopic (exact) mass is 484 g/mol. The molecule has 0 radical (unpaired) electrons. The minimum absolute atomic E-state index is 0.0394. The number of hydrogen-bond acceptors (Lipinski definition) is 8. The van der Waals surface area contributed by atoms with Gasteiger partial charge in [-0.25, -0.2) is 13.2 Å². The lowest BCUT2D eigenvalue weighted by molar-refractivity contribution is -0.155. The van der Waals surface area contributed by atoms with Crippen LogP contribution in [-0.4, -0.2) is 82.1 Å². The highest BCUT2D eigenvalue weighted by atomic mass is 32.2. The molecule has 1 saturated heterocycles. The van der Waals surface area contributed by atoms with Crippen molar-refractivity contribution in [2.45, 2.75) is 39.3 Å².